The zero-order valence-electron chi connectivity index (χ0n) is 7.23. The minimum Gasteiger partial charge on any atom is -0.473 e. The maximum Gasteiger partial charge on any atom is 0.364 e. The maximum absolute atomic E-state index is 10.9. The van der Waals surface area contributed by atoms with Gasteiger partial charge in [-0.15, -0.1) is 0 Å². The van der Waals surface area contributed by atoms with Gasteiger partial charge in [-0.1, -0.05) is 6.92 Å². The molecule has 1 N–H and O–H groups in total. The Morgan fingerprint density at radius 3 is 2.69 bits per heavy atom. The number of thioether (sulfide) groups is 1. The highest BCUT2D eigenvalue weighted by molar-refractivity contribution is 8.13. The van der Waals surface area contributed by atoms with Crippen LogP contribution in [0.1, 0.15) is 13.3 Å². The van der Waals surface area contributed by atoms with Crippen molar-refractivity contribution in [2.24, 2.45) is 0 Å². The molecule has 0 radical (unpaired) electrons. The molecule has 4 nitrogen and oxygen atoms in total. The van der Waals surface area contributed by atoms with E-state index in [0.717, 1.165) is 0 Å². The molecular weight excluding hydrogens is 212 g/mol. The van der Waals surface area contributed by atoms with Gasteiger partial charge < -0.3 is 9.84 Å². The van der Waals surface area contributed by atoms with Gasteiger partial charge >= 0.3 is 11.3 Å². The van der Waals surface area contributed by atoms with Crippen LogP contribution in [0.3, 0.4) is 0 Å². The molecular formula is C7H12O4S2. The minimum atomic E-state index is -0.960. The zero-order chi connectivity index (χ0) is 10.3. The standard InChI is InChI=1S/C7H12O4S2/c1-5(12)4-6(8)11-2-3-13-7(9)10/h5,12H,2-4H2,1H3,(H,9,10). The third-order valence-electron chi connectivity index (χ3n) is 1.03. The van der Waals surface area contributed by atoms with E-state index in [2.05, 4.69) is 12.6 Å². The van der Waals surface area contributed by atoms with Crippen LogP contribution in [0.4, 0.5) is 4.79 Å². The summed E-state index contributed by atoms with van der Waals surface area (Å²) in [6.45, 7) is 1.92. The largest absolute Gasteiger partial charge is 0.473 e. The van der Waals surface area contributed by atoms with Crippen LogP contribution in [0, 0.1) is 0 Å². The van der Waals surface area contributed by atoms with Crippen molar-refractivity contribution in [1.29, 1.82) is 0 Å². The van der Waals surface area contributed by atoms with Gasteiger partial charge in [0.1, 0.15) is 6.61 Å². The van der Waals surface area contributed by atoms with E-state index in [4.69, 9.17) is 9.84 Å². The first kappa shape index (κ1) is 12.6. The van der Waals surface area contributed by atoms with Gasteiger partial charge in [-0.25, -0.2) is 4.79 Å². The second-order valence-electron chi connectivity index (χ2n) is 2.39. The Bertz CT molecular complexity index is 181. The molecule has 1 atom stereocenters. The number of ether oxygens (including phenoxy) is 1. The summed E-state index contributed by atoms with van der Waals surface area (Å²) < 4.78 is 4.73. The molecule has 0 aromatic rings. The first-order valence-corrected chi connectivity index (χ1v) is 5.22. The number of hydrogen-bond donors (Lipinski definition) is 2. The molecule has 0 saturated heterocycles. The van der Waals surface area contributed by atoms with Crippen LogP contribution in [0.25, 0.3) is 0 Å². The summed E-state index contributed by atoms with van der Waals surface area (Å²) in [5, 5.41) is 7.25. The molecule has 6 heteroatoms. The van der Waals surface area contributed by atoms with E-state index in [0.29, 0.717) is 11.8 Å². The van der Waals surface area contributed by atoms with Gasteiger partial charge in [-0.2, -0.15) is 12.6 Å². The zero-order valence-corrected chi connectivity index (χ0v) is 8.94. The summed E-state index contributed by atoms with van der Waals surface area (Å²) in [4.78, 5) is 20.9. The number of carbonyl (C=O) groups excluding carboxylic acids is 1. The molecule has 0 saturated carbocycles. The fourth-order valence-corrected chi connectivity index (χ4v) is 1.07. The van der Waals surface area contributed by atoms with Crippen LogP contribution in [0.5, 0.6) is 0 Å². The van der Waals surface area contributed by atoms with E-state index in [1.54, 1.807) is 6.92 Å². The highest BCUT2D eigenvalue weighted by Gasteiger charge is 2.06. The van der Waals surface area contributed by atoms with Crippen LogP contribution in [-0.2, 0) is 9.53 Å². The molecule has 0 heterocycles. The molecule has 0 aliphatic carbocycles. The van der Waals surface area contributed by atoms with Gasteiger partial charge in [0.15, 0.2) is 0 Å². The van der Waals surface area contributed by atoms with Crippen LogP contribution in [-0.4, -0.2) is 34.0 Å². The second-order valence-corrected chi connectivity index (χ2v) is 4.32. The quantitative estimate of drug-likeness (QED) is 0.422. The molecule has 0 amide bonds. The number of esters is 1. The first-order chi connectivity index (χ1) is 6.02. The minimum absolute atomic E-state index is 0.0281. The van der Waals surface area contributed by atoms with Crippen LogP contribution >= 0.6 is 24.4 Å². The molecule has 0 aliphatic rings. The van der Waals surface area contributed by atoms with Crippen molar-refractivity contribution in [2.75, 3.05) is 12.4 Å². The third-order valence-corrected chi connectivity index (χ3v) is 1.83. The van der Waals surface area contributed by atoms with Gasteiger partial charge in [-0.05, 0) is 11.8 Å². The molecule has 0 rings (SSSR count). The average Bonchev–Trinajstić information content (AvgIpc) is 1.96. The Balaban J connectivity index is 3.32. The third kappa shape index (κ3) is 9.55. The highest BCUT2D eigenvalue weighted by Crippen LogP contribution is 2.03. The monoisotopic (exact) mass is 224 g/mol. The van der Waals surface area contributed by atoms with Crippen molar-refractivity contribution in [1.82, 2.24) is 0 Å². The molecule has 0 aromatic carbocycles. The summed E-state index contributed by atoms with van der Waals surface area (Å²) in [6, 6.07) is 0. The predicted molar refractivity (Wildman–Crippen MR) is 54.5 cm³/mol. The van der Waals surface area contributed by atoms with E-state index >= 15 is 0 Å². The van der Waals surface area contributed by atoms with E-state index in [1.165, 1.54) is 0 Å². The Labute approximate surface area is 86.4 Å². The fraction of sp³-hybridized carbons (Fsp3) is 0.714. The summed E-state index contributed by atoms with van der Waals surface area (Å²) in [6.07, 6.45) is 0.251. The molecule has 0 fully saturated rings. The van der Waals surface area contributed by atoms with E-state index in [1.807, 2.05) is 0 Å². The Morgan fingerprint density at radius 1 is 1.62 bits per heavy atom. The van der Waals surface area contributed by atoms with Crippen molar-refractivity contribution < 1.29 is 19.4 Å². The molecule has 0 bridgehead atoms. The topological polar surface area (TPSA) is 63.6 Å². The van der Waals surface area contributed by atoms with Crippen LogP contribution < -0.4 is 0 Å². The molecule has 1 unspecified atom stereocenters. The predicted octanol–water partition coefficient (Wildman–Crippen LogP) is 1.65. The Hall–Kier alpha value is -0.360. The lowest BCUT2D eigenvalue weighted by Crippen LogP contribution is -2.11. The lowest BCUT2D eigenvalue weighted by Gasteiger charge is -2.04. The van der Waals surface area contributed by atoms with Gasteiger partial charge in [0, 0.05) is 11.0 Å². The van der Waals surface area contributed by atoms with Gasteiger partial charge in [0.2, 0.25) is 0 Å². The summed E-state index contributed by atoms with van der Waals surface area (Å²) in [7, 11) is 0. The molecule has 76 valence electrons. The van der Waals surface area contributed by atoms with Crippen molar-refractivity contribution in [3.8, 4) is 0 Å². The summed E-state index contributed by atoms with van der Waals surface area (Å²) >= 11 is 4.73. The van der Waals surface area contributed by atoms with E-state index < -0.39 is 5.30 Å². The van der Waals surface area contributed by atoms with Gasteiger partial charge in [0.25, 0.3) is 0 Å². The number of carbonyl (C=O) groups is 2. The smallest absolute Gasteiger partial charge is 0.364 e. The van der Waals surface area contributed by atoms with Crippen LogP contribution in [0.2, 0.25) is 0 Å². The Kier molecular flexibility index (Phi) is 6.89. The first-order valence-electron chi connectivity index (χ1n) is 3.71. The van der Waals surface area contributed by atoms with Crippen LogP contribution in [0.15, 0.2) is 0 Å². The summed E-state index contributed by atoms with van der Waals surface area (Å²) in [5.41, 5.74) is 0. The molecule has 13 heavy (non-hydrogen) atoms. The molecule has 0 aromatic heterocycles. The number of hydrogen-bond acceptors (Lipinski definition) is 5. The van der Waals surface area contributed by atoms with Crippen molar-refractivity contribution >= 4 is 35.7 Å². The SMILES string of the molecule is CC(S)CC(=O)OCCSC(=O)O. The average molecular weight is 224 g/mol. The number of carboxylic acid groups (broad SMARTS) is 1. The highest BCUT2D eigenvalue weighted by atomic mass is 32.2. The number of rotatable bonds is 5. The lowest BCUT2D eigenvalue weighted by atomic mass is 10.3. The second kappa shape index (κ2) is 7.08. The fourth-order valence-electron chi connectivity index (χ4n) is 0.585. The maximum atomic E-state index is 10.9. The Morgan fingerprint density at radius 2 is 2.23 bits per heavy atom. The molecule has 0 aliphatic heterocycles. The van der Waals surface area contributed by atoms with Gasteiger partial charge in [0.05, 0.1) is 6.42 Å². The van der Waals surface area contributed by atoms with E-state index in [9.17, 15) is 9.59 Å². The molecule has 0 spiro atoms. The van der Waals surface area contributed by atoms with Crippen molar-refractivity contribution in [3.63, 3.8) is 0 Å². The normalized spacial score (nSPS) is 12.2. The van der Waals surface area contributed by atoms with E-state index in [-0.39, 0.29) is 30.0 Å². The van der Waals surface area contributed by atoms with Crippen molar-refractivity contribution in [2.45, 2.75) is 18.6 Å². The van der Waals surface area contributed by atoms with Gasteiger partial charge in [-0.3, -0.25) is 4.79 Å². The lowest BCUT2D eigenvalue weighted by molar-refractivity contribution is -0.142. The van der Waals surface area contributed by atoms with Crippen molar-refractivity contribution in [3.05, 3.63) is 0 Å². The number of thiol groups is 1. The summed E-state index contributed by atoms with van der Waals surface area (Å²) in [5.74, 6) is -0.0596.